The van der Waals surface area contributed by atoms with Crippen molar-refractivity contribution in [2.75, 3.05) is 0 Å². The number of nitrogens with zero attached hydrogens (tertiary/aromatic N) is 1. The van der Waals surface area contributed by atoms with Gasteiger partial charge >= 0.3 is 6.36 Å². The molecule has 3 aromatic rings. The molecule has 0 aliphatic rings. The summed E-state index contributed by atoms with van der Waals surface area (Å²) in [5.41, 5.74) is 2.40. The van der Waals surface area contributed by atoms with E-state index >= 15 is 0 Å². The number of ether oxygens (including phenoxy) is 2. The molecular weight excluding hydrogens is 622 g/mol. The topological polar surface area (TPSA) is 51.6 Å². The molecule has 4 nitrogen and oxygen atoms in total. The molecule has 1 radical (unpaired) electrons. The van der Waals surface area contributed by atoms with Crippen LogP contribution in [0.4, 0.5) is 13.2 Å². The summed E-state index contributed by atoms with van der Waals surface area (Å²) in [5, 5.41) is 10.5. The summed E-state index contributed by atoms with van der Waals surface area (Å²) in [7, 11) is 0. The molecule has 1 N–H and O–H groups in total. The maximum absolute atomic E-state index is 12.2. The zero-order chi connectivity index (χ0) is 20.5. The third-order valence-corrected chi connectivity index (χ3v) is 4.35. The molecule has 0 unspecified atom stereocenters. The number of hydrogen-bond acceptors (Lipinski definition) is 4. The van der Waals surface area contributed by atoms with Gasteiger partial charge in [0.2, 0.25) is 0 Å². The number of halogens is 4. The van der Waals surface area contributed by atoms with Crippen LogP contribution in [0, 0.1) is 57.9 Å². The molecule has 1 heterocycles. The average molecular weight is 637 g/mol. The summed E-state index contributed by atoms with van der Waals surface area (Å²) in [5.74, 6) is 0.448. The first-order chi connectivity index (χ1) is 13.1. The van der Waals surface area contributed by atoms with Crippen molar-refractivity contribution in [3.05, 3.63) is 64.9 Å². The first kappa shape index (κ1) is 23.8. The predicted molar refractivity (Wildman–Crippen MR) is 99.0 cm³/mol. The van der Waals surface area contributed by atoms with Crippen molar-refractivity contribution < 1.29 is 71.8 Å². The van der Waals surface area contributed by atoms with Gasteiger partial charge in [0.25, 0.3) is 0 Å². The Morgan fingerprint density at radius 1 is 0.862 bits per heavy atom. The third-order valence-electron chi connectivity index (χ3n) is 3.90. The molecule has 0 saturated heterocycles. The van der Waals surface area contributed by atoms with Gasteiger partial charge in [-0.15, -0.1) is 13.2 Å². The summed E-state index contributed by atoms with van der Waals surface area (Å²) in [6.45, 7) is 3.48. The van der Waals surface area contributed by atoms with Crippen LogP contribution in [0.3, 0.4) is 0 Å². The zero-order valence-electron chi connectivity index (χ0n) is 15.4. The van der Waals surface area contributed by atoms with Crippen LogP contribution in [0.5, 0.6) is 23.0 Å². The van der Waals surface area contributed by atoms with Crippen LogP contribution >= 0.6 is 11.6 Å². The van der Waals surface area contributed by atoms with Crippen LogP contribution in [-0.2, 0) is 0 Å². The van der Waals surface area contributed by atoms with E-state index in [-0.39, 0.29) is 60.6 Å². The second kappa shape index (κ2) is 9.55. The number of aryl methyl sites for hydroxylation is 2. The number of pyridine rings is 1. The Balaban J connectivity index is 0.00000300. The molecular formula is C20H15AcClF3NO3. The van der Waals surface area contributed by atoms with E-state index in [0.717, 1.165) is 0 Å². The van der Waals surface area contributed by atoms with Crippen LogP contribution < -0.4 is 9.47 Å². The minimum Gasteiger partial charge on any atom is -0.506 e. The molecule has 0 spiro atoms. The summed E-state index contributed by atoms with van der Waals surface area (Å²) in [4.78, 5) is 4.32. The van der Waals surface area contributed by atoms with Crippen molar-refractivity contribution >= 4 is 11.6 Å². The van der Waals surface area contributed by atoms with E-state index in [2.05, 4.69) is 9.72 Å². The van der Waals surface area contributed by atoms with Gasteiger partial charge in [0.05, 0.1) is 5.69 Å². The van der Waals surface area contributed by atoms with Gasteiger partial charge in [-0.3, -0.25) is 4.98 Å². The largest absolute Gasteiger partial charge is 0.573 e. The molecule has 29 heavy (non-hydrogen) atoms. The molecule has 0 saturated carbocycles. The van der Waals surface area contributed by atoms with E-state index in [1.165, 1.54) is 24.3 Å². The van der Waals surface area contributed by atoms with Crippen molar-refractivity contribution in [1.29, 1.82) is 0 Å². The predicted octanol–water partition coefficient (Wildman–Crippen LogP) is 6.42. The van der Waals surface area contributed by atoms with Gasteiger partial charge in [0.1, 0.15) is 28.0 Å². The number of rotatable bonds is 4. The summed E-state index contributed by atoms with van der Waals surface area (Å²) >= 11 is 6.08. The number of alkyl halides is 3. The van der Waals surface area contributed by atoms with E-state index < -0.39 is 6.36 Å². The molecule has 0 amide bonds. The smallest absolute Gasteiger partial charge is 0.506 e. The normalized spacial score (nSPS) is 11.0. The number of aromatic nitrogens is 1. The Morgan fingerprint density at radius 2 is 1.34 bits per heavy atom. The Morgan fingerprint density at radius 3 is 1.86 bits per heavy atom. The fraction of sp³-hybridized carbons (Fsp3) is 0.150. The molecule has 0 atom stereocenters. The molecule has 0 aliphatic carbocycles. The standard InChI is InChI=1S/C20H15ClF3NO3.Ac/c1-11-17(19(26)18(21)12(2)25-11)13-3-5-14(6-4-13)27-15-7-9-16(10-8-15)28-20(22,23)24;/h3-10H,1-2H3,(H,25,26);. The van der Waals surface area contributed by atoms with Crippen molar-refractivity contribution in [2.45, 2.75) is 20.2 Å². The zero-order valence-corrected chi connectivity index (χ0v) is 20.9. The minimum absolute atomic E-state index is 0. The summed E-state index contributed by atoms with van der Waals surface area (Å²) in [6, 6.07) is 11.9. The number of benzene rings is 2. The fourth-order valence-electron chi connectivity index (χ4n) is 2.69. The molecule has 2 aromatic carbocycles. The van der Waals surface area contributed by atoms with Crippen molar-refractivity contribution in [2.24, 2.45) is 0 Å². The SMILES string of the molecule is Cc1nc(C)c(-c2ccc(Oc3ccc(OC(F)(F)F)cc3)cc2)c(O)c1Cl.[Ac]. The Bertz CT molecular complexity index is 994. The Hall–Kier alpha value is -1.49. The second-order valence-electron chi connectivity index (χ2n) is 5.97. The first-order valence-electron chi connectivity index (χ1n) is 8.14. The second-order valence-corrected chi connectivity index (χ2v) is 6.34. The van der Waals surface area contributed by atoms with E-state index in [4.69, 9.17) is 16.3 Å². The van der Waals surface area contributed by atoms with Crippen molar-refractivity contribution in [3.63, 3.8) is 0 Å². The fourth-order valence-corrected chi connectivity index (χ4v) is 2.83. The van der Waals surface area contributed by atoms with Gasteiger partial charge in [-0.2, -0.15) is 0 Å². The molecule has 0 aliphatic heterocycles. The number of hydrogen-bond donors (Lipinski definition) is 1. The van der Waals surface area contributed by atoms with Crippen molar-refractivity contribution in [1.82, 2.24) is 4.98 Å². The van der Waals surface area contributed by atoms with E-state index in [1.807, 2.05) is 0 Å². The maximum Gasteiger partial charge on any atom is 0.573 e. The van der Waals surface area contributed by atoms with E-state index in [9.17, 15) is 18.3 Å². The molecule has 3 rings (SSSR count). The van der Waals surface area contributed by atoms with Gasteiger partial charge in [-0.05, 0) is 55.8 Å². The van der Waals surface area contributed by atoms with Crippen LogP contribution in [0.2, 0.25) is 5.02 Å². The molecule has 149 valence electrons. The van der Waals surface area contributed by atoms with Crippen LogP contribution in [0.25, 0.3) is 11.1 Å². The van der Waals surface area contributed by atoms with E-state index in [0.29, 0.717) is 34.0 Å². The van der Waals surface area contributed by atoms with Crippen molar-refractivity contribution in [3.8, 4) is 34.1 Å². The Kier molecular flexibility index (Phi) is 7.83. The molecule has 0 fully saturated rings. The van der Waals surface area contributed by atoms with Gasteiger partial charge in [-0.1, -0.05) is 23.7 Å². The maximum atomic E-state index is 12.2. The van der Waals surface area contributed by atoms with Gasteiger partial charge < -0.3 is 14.6 Å². The summed E-state index contributed by atoms with van der Waals surface area (Å²) < 4.78 is 46.0. The molecule has 0 bridgehead atoms. The molecule has 1 aromatic heterocycles. The van der Waals surface area contributed by atoms with Gasteiger partial charge in [0, 0.05) is 55.3 Å². The van der Waals surface area contributed by atoms with Gasteiger partial charge in [-0.25, -0.2) is 0 Å². The average Bonchev–Trinajstić information content (AvgIpc) is 2.62. The molecule has 9 heteroatoms. The minimum atomic E-state index is -4.74. The van der Waals surface area contributed by atoms with Crippen LogP contribution in [0.15, 0.2) is 48.5 Å². The summed E-state index contributed by atoms with van der Waals surface area (Å²) in [6.07, 6.45) is -4.74. The first-order valence-corrected chi connectivity index (χ1v) is 8.51. The van der Waals surface area contributed by atoms with Gasteiger partial charge in [0.15, 0.2) is 0 Å². The van der Waals surface area contributed by atoms with E-state index in [1.54, 1.807) is 38.1 Å². The monoisotopic (exact) mass is 636 g/mol. The number of aromatic hydroxyl groups is 1. The quantitative estimate of drug-likeness (QED) is 0.360. The third kappa shape index (κ3) is 6.00. The Labute approximate surface area is 206 Å². The van der Waals surface area contributed by atoms with Crippen LogP contribution in [-0.4, -0.2) is 16.5 Å². The van der Waals surface area contributed by atoms with Crippen LogP contribution in [0.1, 0.15) is 11.4 Å².